The molecule has 0 aromatic heterocycles. The maximum Gasteiger partial charge on any atom is 0.323 e. The summed E-state index contributed by atoms with van der Waals surface area (Å²) in [7, 11) is -2.36. The lowest BCUT2D eigenvalue weighted by atomic mass is 10.2. The molecule has 106 valence electrons. The van der Waals surface area contributed by atoms with E-state index in [4.69, 9.17) is 10.5 Å². The molecule has 8 heteroatoms. The molecule has 0 heterocycles. The summed E-state index contributed by atoms with van der Waals surface area (Å²) < 4.78 is 35.1. The van der Waals surface area contributed by atoms with Crippen molar-refractivity contribution in [1.29, 1.82) is 0 Å². The Morgan fingerprint density at radius 3 is 2.63 bits per heavy atom. The Balaban J connectivity index is 2.78. The number of nitrogens with two attached hydrogens (primary N) is 1. The zero-order valence-electron chi connectivity index (χ0n) is 10.7. The van der Waals surface area contributed by atoms with Gasteiger partial charge in [-0.3, -0.25) is 9.52 Å². The predicted octanol–water partition coefficient (Wildman–Crippen LogP) is 0.582. The lowest BCUT2D eigenvalue weighted by Gasteiger charge is -2.10. The fraction of sp³-hybridized carbons (Fsp3) is 0.364. The second-order valence-corrected chi connectivity index (χ2v) is 5.35. The standard InChI is InChI=1S/C11H16N2O5S/c1-3-18-11(14)7-19(15,16)13-8-4-5-10(17-2)9(12)6-8/h4-6,13H,3,7,12H2,1-2H3. The molecule has 0 amide bonds. The molecule has 0 spiro atoms. The van der Waals surface area contributed by atoms with E-state index in [1.165, 1.54) is 25.3 Å². The van der Waals surface area contributed by atoms with Crippen LogP contribution in [0.1, 0.15) is 6.92 Å². The number of anilines is 2. The van der Waals surface area contributed by atoms with Gasteiger partial charge in [-0.1, -0.05) is 0 Å². The van der Waals surface area contributed by atoms with E-state index >= 15 is 0 Å². The Hall–Kier alpha value is -1.96. The lowest BCUT2D eigenvalue weighted by Crippen LogP contribution is -2.24. The molecule has 1 rings (SSSR count). The van der Waals surface area contributed by atoms with E-state index in [1.54, 1.807) is 6.92 Å². The molecular weight excluding hydrogens is 272 g/mol. The minimum absolute atomic E-state index is 0.129. The van der Waals surface area contributed by atoms with Crippen LogP contribution in [0.3, 0.4) is 0 Å². The number of carbonyl (C=O) groups is 1. The molecule has 0 atom stereocenters. The number of rotatable bonds is 6. The Morgan fingerprint density at radius 2 is 2.11 bits per heavy atom. The zero-order valence-corrected chi connectivity index (χ0v) is 11.5. The van der Waals surface area contributed by atoms with Crippen molar-refractivity contribution in [2.45, 2.75) is 6.92 Å². The number of nitrogen functional groups attached to an aromatic ring is 1. The van der Waals surface area contributed by atoms with Gasteiger partial charge >= 0.3 is 5.97 Å². The number of esters is 1. The van der Waals surface area contributed by atoms with Crippen molar-refractivity contribution in [3.63, 3.8) is 0 Å². The van der Waals surface area contributed by atoms with E-state index in [0.717, 1.165) is 0 Å². The van der Waals surface area contributed by atoms with Crippen molar-refractivity contribution >= 4 is 27.4 Å². The first-order chi connectivity index (χ1) is 8.88. The summed E-state index contributed by atoms with van der Waals surface area (Å²) in [6.45, 7) is 1.73. The number of hydrogen-bond donors (Lipinski definition) is 2. The van der Waals surface area contributed by atoms with Gasteiger partial charge in [-0.2, -0.15) is 0 Å². The van der Waals surface area contributed by atoms with Crippen LogP contribution in [0.15, 0.2) is 18.2 Å². The van der Waals surface area contributed by atoms with E-state index in [-0.39, 0.29) is 12.3 Å². The van der Waals surface area contributed by atoms with Gasteiger partial charge in [0, 0.05) is 0 Å². The monoisotopic (exact) mass is 288 g/mol. The summed E-state index contributed by atoms with van der Waals surface area (Å²) in [5.74, 6) is -1.11. The zero-order chi connectivity index (χ0) is 14.5. The van der Waals surface area contributed by atoms with E-state index in [0.29, 0.717) is 11.4 Å². The van der Waals surface area contributed by atoms with Gasteiger partial charge in [0.1, 0.15) is 5.75 Å². The molecule has 0 fully saturated rings. The number of hydrogen-bond acceptors (Lipinski definition) is 6. The highest BCUT2D eigenvalue weighted by atomic mass is 32.2. The molecule has 0 saturated heterocycles. The van der Waals surface area contributed by atoms with Crippen LogP contribution in [0.25, 0.3) is 0 Å². The van der Waals surface area contributed by atoms with Crippen LogP contribution in [0.4, 0.5) is 11.4 Å². The van der Waals surface area contributed by atoms with Crippen LogP contribution in [0.2, 0.25) is 0 Å². The van der Waals surface area contributed by atoms with Crippen molar-refractivity contribution in [2.24, 2.45) is 0 Å². The quantitative estimate of drug-likeness (QED) is 0.585. The molecule has 1 aromatic carbocycles. The summed E-state index contributed by atoms with van der Waals surface area (Å²) in [4.78, 5) is 11.1. The minimum Gasteiger partial charge on any atom is -0.495 e. The number of nitrogens with one attached hydrogen (secondary N) is 1. The van der Waals surface area contributed by atoms with Gasteiger partial charge in [0.15, 0.2) is 5.75 Å². The SMILES string of the molecule is CCOC(=O)CS(=O)(=O)Nc1ccc(OC)c(N)c1. The molecule has 19 heavy (non-hydrogen) atoms. The minimum atomic E-state index is -3.81. The normalized spacial score (nSPS) is 10.8. The van der Waals surface area contributed by atoms with Crippen LogP contribution in [0, 0.1) is 0 Å². The van der Waals surface area contributed by atoms with Crippen molar-refractivity contribution in [3.8, 4) is 5.75 Å². The number of methoxy groups -OCH3 is 1. The van der Waals surface area contributed by atoms with Crippen molar-refractivity contribution in [2.75, 3.05) is 29.9 Å². The third kappa shape index (κ3) is 4.66. The van der Waals surface area contributed by atoms with E-state index in [2.05, 4.69) is 9.46 Å². The Kier molecular flexibility index (Phi) is 4.99. The molecule has 1 aromatic rings. The summed E-state index contributed by atoms with van der Waals surface area (Å²) in [5.41, 5.74) is 6.19. The third-order valence-corrected chi connectivity index (χ3v) is 3.28. The topological polar surface area (TPSA) is 108 Å². The summed E-state index contributed by atoms with van der Waals surface area (Å²) in [6.07, 6.45) is 0. The number of sulfonamides is 1. The second kappa shape index (κ2) is 6.28. The highest BCUT2D eigenvalue weighted by Crippen LogP contribution is 2.25. The molecule has 0 aliphatic carbocycles. The van der Waals surface area contributed by atoms with Crippen LogP contribution < -0.4 is 15.2 Å². The maximum absolute atomic E-state index is 11.7. The second-order valence-electron chi connectivity index (χ2n) is 3.62. The Bertz CT molecular complexity index is 556. The Morgan fingerprint density at radius 1 is 1.42 bits per heavy atom. The lowest BCUT2D eigenvalue weighted by molar-refractivity contribution is -0.139. The fourth-order valence-electron chi connectivity index (χ4n) is 1.37. The van der Waals surface area contributed by atoms with Crippen molar-refractivity contribution in [1.82, 2.24) is 0 Å². The molecular formula is C11H16N2O5S. The molecule has 3 N–H and O–H groups in total. The molecule has 0 unspecified atom stereocenters. The predicted molar refractivity (Wildman–Crippen MR) is 71.4 cm³/mol. The van der Waals surface area contributed by atoms with Gasteiger partial charge in [-0.15, -0.1) is 0 Å². The molecule has 0 aliphatic heterocycles. The van der Waals surface area contributed by atoms with Crippen LogP contribution in [0.5, 0.6) is 5.75 Å². The van der Waals surface area contributed by atoms with Gasteiger partial charge in [-0.25, -0.2) is 8.42 Å². The smallest absolute Gasteiger partial charge is 0.323 e. The van der Waals surface area contributed by atoms with Gasteiger partial charge in [0.05, 0.1) is 25.1 Å². The average molecular weight is 288 g/mol. The highest BCUT2D eigenvalue weighted by molar-refractivity contribution is 7.93. The first-order valence-corrected chi connectivity index (χ1v) is 7.13. The van der Waals surface area contributed by atoms with Gasteiger partial charge in [0.25, 0.3) is 0 Å². The van der Waals surface area contributed by atoms with E-state index in [1.807, 2.05) is 0 Å². The molecule has 0 radical (unpaired) electrons. The number of ether oxygens (including phenoxy) is 2. The van der Waals surface area contributed by atoms with Crippen LogP contribution in [-0.4, -0.2) is 33.9 Å². The van der Waals surface area contributed by atoms with Crippen molar-refractivity contribution < 1.29 is 22.7 Å². The third-order valence-electron chi connectivity index (χ3n) is 2.12. The van der Waals surface area contributed by atoms with E-state index in [9.17, 15) is 13.2 Å². The number of benzene rings is 1. The van der Waals surface area contributed by atoms with Crippen molar-refractivity contribution in [3.05, 3.63) is 18.2 Å². The summed E-state index contributed by atoms with van der Waals surface area (Å²) in [5, 5.41) is 0. The summed E-state index contributed by atoms with van der Waals surface area (Å²) >= 11 is 0. The van der Waals surface area contributed by atoms with Gasteiger partial charge < -0.3 is 15.2 Å². The van der Waals surface area contributed by atoms with Crippen LogP contribution in [-0.2, 0) is 19.6 Å². The first kappa shape index (κ1) is 15.1. The maximum atomic E-state index is 11.7. The number of carbonyl (C=O) groups excluding carboxylic acids is 1. The molecule has 7 nitrogen and oxygen atoms in total. The van der Waals surface area contributed by atoms with E-state index < -0.39 is 21.7 Å². The largest absolute Gasteiger partial charge is 0.495 e. The Labute approximate surface area is 111 Å². The van der Waals surface area contributed by atoms with Gasteiger partial charge in [0.2, 0.25) is 10.0 Å². The molecule has 0 saturated carbocycles. The summed E-state index contributed by atoms with van der Waals surface area (Å²) in [6, 6.07) is 4.41. The van der Waals surface area contributed by atoms with Gasteiger partial charge in [-0.05, 0) is 25.1 Å². The first-order valence-electron chi connectivity index (χ1n) is 5.47. The van der Waals surface area contributed by atoms with Crippen LogP contribution >= 0.6 is 0 Å². The fourth-order valence-corrected chi connectivity index (χ4v) is 2.32. The molecule has 0 bridgehead atoms. The highest BCUT2D eigenvalue weighted by Gasteiger charge is 2.17. The molecule has 0 aliphatic rings. The average Bonchev–Trinajstić information content (AvgIpc) is 2.27.